The van der Waals surface area contributed by atoms with Crippen LogP contribution in [0.25, 0.3) is 0 Å². The molecule has 0 aromatic heterocycles. The maximum Gasteiger partial charge on any atom is 0.172 e. The molecule has 0 fully saturated rings. The molecule has 0 heterocycles. The largest absolute Gasteiger partial charge is 0.419 e. The molecule has 6 nitrogen and oxygen atoms in total. The van der Waals surface area contributed by atoms with Crippen LogP contribution in [-0.2, 0) is 13.3 Å². The summed E-state index contributed by atoms with van der Waals surface area (Å²) in [4.78, 5) is 6.59. The molecular formula is C18H48N3O3Si4. The molecule has 1 radical (unpaired) electrons. The molecule has 0 aliphatic carbocycles. The molecule has 0 aromatic carbocycles. The fourth-order valence-electron chi connectivity index (χ4n) is 3.84. The van der Waals surface area contributed by atoms with E-state index in [9.17, 15) is 0 Å². The predicted molar refractivity (Wildman–Crippen MR) is 132 cm³/mol. The normalized spacial score (nSPS) is 14.1. The van der Waals surface area contributed by atoms with Gasteiger partial charge in [0, 0.05) is 39.5 Å². The van der Waals surface area contributed by atoms with E-state index in [2.05, 4.69) is 96.3 Å². The van der Waals surface area contributed by atoms with Crippen molar-refractivity contribution in [3.63, 3.8) is 0 Å². The standard InChI is InChI=1S/C18H48N3O3Si4/c1-19(2)13-16-22-26(7,8)25(27(9,10)23-17-14-20(3)4)28(11,12)24-18-15-21(5)6/h13-18H2,1-12H3. The van der Waals surface area contributed by atoms with Gasteiger partial charge in [0.05, 0.1) is 0 Å². The van der Waals surface area contributed by atoms with Crippen molar-refractivity contribution in [3.05, 3.63) is 0 Å². The first kappa shape index (κ1) is 28.6. The third-order valence-corrected chi connectivity index (χ3v) is 55.8. The molecule has 0 spiro atoms. The first-order valence-corrected chi connectivity index (χ1v) is 23.6. The Morgan fingerprint density at radius 2 is 0.714 bits per heavy atom. The quantitative estimate of drug-likeness (QED) is 0.344. The zero-order chi connectivity index (χ0) is 22.2. The van der Waals surface area contributed by atoms with E-state index in [1.807, 2.05) is 0 Å². The van der Waals surface area contributed by atoms with Gasteiger partial charge in [0.15, 0.2) is 23.5 Å². The summed E-state index contributed by atoms with van der Waals surface area (Å²) >= 11 is 0. The molecule has 0 N–H and O–H groups in total. The van der Waals surface area contributed by atoms with E-state index in [1.54, 1.807) is 0 Å². The predicted octanol–water partition coefficient (Wildman–Crippen LogP) is 2.07. The summed E-state index contributed by atoms with van der Waals surface area (Å²) in [6.07, 6.45) is 0. The second-order valence-electron chi connectivity index (χ2n) is 9.86. The molecule has 0 rings (SSSR count). The van der Waals surface area contributed by atoms with Gasteiger partial charge >= 0.3 is 0 Å². The van der Waals surface area contributed by atoms with Crippen molar-refractivity contribution in [2.45, 2.75) is 39.3 Å². The molecule has 0 saturated carbocycles. The van der Waals surface area contributed by atoms with Crippen LogP contribution in [0.5, 0.6) is 0 Å². The van der Waals surface area contributed by atoms with Gasteiger partial charge in [0.2, 0.25) is 0 Å². The fraction of sp³-hybridized carbons (Fsp3) is 1.00. The highest BCUT2D eigenvalue weighted by molar-refractivity contribution is 7.79. The monoisotopic (exact) mass is 466 g/mol. The van der Waals surface area contributed by atoms with E-state index >= 15 is 0 Å². The molecule has 169 valence electrons. The number of likely N-dealkylation sites (N-methyl/N-ethyl adjacent to an activating group) is 3. The van der Waals surface area contributed by atoms with Crippen LogP contribution in [0, 0.1) is 0 Å². The van der Waals surface area contributed by atoms with Crippen molar-refractivity contribution in [1.82, 2.24) is 14.7 Å². The molecule has 0 unspecified atom stereocenters. The molecule has 0 atom stereocenters. The van der Waals surface area contributed by atoms with Crippen molar-refractivity contribution < 1.29 is 13.3 Å². The lowest BCUT2D eigenvalue weighted by Gasteiger charge is -2.46. The third-order valence-electron chi connectivity index (χ3n) is 4.81. The summed E-state index contributed by atoms with van der Waals surface area (Å²) in [5.74, 6) is 0. The van der Waals surface area contributed by atoms with Crippen LogP contribution in [0.2, 0.25) is 39.3 Å². The summed E-state index contributed by atoms with van der Waals surface area (Å²) in [5, 5.41) is 0. The van der Waals surface area contributed by atoms with E-state index in [1.165, 1.54) is 0 Å². The minimum atomic E-state index is -1.90. The fourth-order valence-corrected chi connectivity index (χ4v) is 68.7. The van der Waals surface area contributed by atoms with Gasteiger partial charge in [-0.05, 0) is 81.6 Å². The summed E-state index contributed by atoms with van der Waals surface area (Å²) in [7, 11) is 6.06. The van der Waals surface area contributed by atoms with Crippen LogP contribution in [0.3, 0.4) is 0 Å². The van der Waals surface area contributed by atoms with Gasteiger partial charge < -0.3 is 28.0 Å². The van der Waals surface area contributed by atoms with E-state index in [0.29, 0.717) is 0 Å². The first-order valence-electron chi connectivity index (χ1n) is 10.4. The smallest absolute Gasteiger partial charge is 0.172 e. The average molecular weight is 467 g/mol. The lowest BCUT2D eigenvalue weighted by atomic mass is 10.6. The van der Waals surface area contributed by atoms with Gasteiger partial charge in [0.25, 0.3) is 0 Å². The second-order valence-corrected chi connectivity index (χ2v) is 40.4. The molecule has 0 amide bonds. The van der Waals surface area contributed by atoms with Crippen LogP contribution in [0.4, 0.5) is 0 Å². The third kappa shape index (κ3) is 11.1. The van der Waals surface area contributed by atoms with Crippen LogP contribution in [0.1, 0.15) is 0 Å². The Labute approximate surface area is 179 Å². The van der Waals surface area contributed by atoms with E-state index in [4.69, 9.17) is 13.3 Å². The van der Waals surface area contributed by atoms with Crippen molar-refractivity contribution in [3.8, 4) is 0 Å². The minimum absolute atomic E-state index is 0.810. The van der Waals surface area contributed by atoms with Crippen molar-refractivity contribution >= 4 is 30.9 Å². The second kappa shape index (κ2) is 12.5. The summed E-state index contributed by atoms with van der Waals surface area (Å²) < 4.78 is 20.0. The topological polar surface area (TPSA) is 37.4 Å². The Bertz CT molecular complexity index is 374. The van der Waals surface area contributed by atoms with Crippen molar-refractivity contribution in [2.75, 3.05) is 81.7 Å². The molecular weight excluding hydrogens is 419 g/mol. The van der Waals surface area contributed by atoms with Gasteiger partial charge in [-0.2, -0.15) is 0 Å². The Balaban J connectivity index is 5.48. The Morgan fingerprint density at radius 3 is 0.893 bits per heavy atom. The van der Waals surface area contributed by atoms with Crippen LogP contribution in [-0.4, -0.2) is 127 Å². The zero-order valence-corrected chi connectivity index (χ0v) is 24.8. The molecule has 0 saturated heterocycles. The molecule has 0 aliphatic rings. The van der Waals surface area contributed by atoms with Gasteiger partial charge in [0.1, 0.15) is 7.35 Å². The highest BCUT2D eigenvalue weighted by atomic mass is 29.9. The van der Waals surface area contributed by atoms with Gasteiger partial charge in [-0.25, -0.2) is 0 Å². The zero-order valence-electron chi connectivity index (χ0n) is 20.8. The first-order chi connectivity index (χ1) is 12.6. The van der Waals surface area contributed by atoms with Crippen LogP contribution >= 0.6 is 0 Å². The SMILES string of the molecule is CN(C)CCO[Si](C)(C)[Si]([Si](C)(C)OCCN(C)C)[Si](C)(C)OCCN(C)C. The molecule has 10 heteroatoms. The summed E-state index contributed by atoms with van der Waals surface area (Å²) in [6.45, 7) is 19.9. The molecule has 0 aromatic rings. The summed E-state index contributed by atoms with van der Waals surface area (Å²) in [5.41, 5.74) is 0. The van der Waals surface area contributed by atoms with Gasteiger partial charge in [-0.1, -0.05) is 0 Å². The number of rotatable bonds is 15. The Morgan fingerprint density at radius 1 is 0.500 bits per heavy atom. The number of hydrogen-bond donors (Lipinski definition) is 0. The van der Waals surface area contributed by atoms with Crippen LogP contribution < -0.4 is 0 Å². The van der Waals surface area contributed by atoms with Crippen molar-refractivity contribution in [1.29, 1.82) is 0 Å². The van der Waals surface area contributed by atoms with Crippen molar-refractivity contribution in [2.24, 2.45) is 0 Å². The van der Waals surface area contributed by atoms with E-state index in [0.717, 1.165) is 39.5 Å². The van der Waals surface area contributed by atoms with E-state index < -0.39 is 30.9 Å². The van der Waals surface area contributed by atoms with E-state index in [-0.39, 0.29) is 0 Å². The Hall–Kier alpha value is 0.628. The lowest BCUT2D eigenvalue weighted by molar-refractivity contribution is 0.253. The lowest BCUT2D eigenvalue weighted by Crippen LogP contribution is -2.76. The van der Waals surface area contributed by atoms with Gasteiger partial charge in [-0.15, -0.1) is 0 Å². The number of hydrogen-bond acceptors (Lipinski definition) is 6. The molecule has 0 aliphatic heterocycles. The summed E-state index contributed by atoms with van der Waals surface area (Å²) in [6, 6.07) is 0. The highest BCUT2D eigenvalue weighted by Gasteiger charge is 2.58. The van der Waals surface area contributed by atoms with Gasteiger partial charge in [-0.3, -0.25) is 0 Å². The Kier molecular flexibility index (Phi) is 12.8. The number of nitrogens with zero attached hydrogens (tertiary/aromatic N) is 3. The maximum absolute atomic E-state index is 6.66. The minimum Gasteiger partial charge on any atom is -0.419 e. The maximum atomic E-state index is 6.66. The van der Waals surface area contributed by atoms with Crippen LogP contribution in [0.15, 0.2) is 0 Å². The highest BCUT2D eigenvalue weighted by Crippen LogP contribution is 2.28. The molecule has 28 heavy (non-hydrogen) atoms. The molecule has 0 bridgehead atoms. The average Bonchev–Trinajstić information content (AvgIpc) is 2.43.